The van der Waals surface area contributed by atoms with Gasteiger partial charge in [-0.15, -0.1) is 0 Å². The lowest BCUT2D eigenvalue weighted by atomic mass is 9.98. The van der Waals surface area contributed by atoms with Gasteiger partial charge in [-0.2, -0.15) is 0 Å². The van der Waals surface area contributed by atoms with Crippen LogP contribution in [0.2, 0.25) is 0 Å². The lowest BCUT2D eigenvalue weighted by Crippen LogP contribution is -2.48. The van der Waals surface area contributed by atoms with Crippen molar-refractivity contribution in [2.45, 2.75) is 26.7 Å². The quantitative estimate of drug-likeness (QED) is 0.915. The molecule has 1 fully saturated rings. The Hall–Kier alpha value is -1.42. The topological polar surface area (TPSA) is 32.3 Å². The number of carbonyl (C=O) groups is 1. The molecular weight excluding hydrogens is 255 g/mol. The second-order valence-electron chi connectivity index (χ2n) is 5.60. The van der Waals surface area contributed by atoms with E-state index >= 15 is 0 Å². The third-order valence-electron chi connectivity index (χ3n) is 3.94. The highest BCUT2D eigenvalue weighted by Gasteiger charge is 2.21. The fraction of sp³-hybridized carbons (Fsp3) is 0.562. The number of carbonyl (C=O) groups excluding carboxylic acids is 1. The maximum absolute atomic E-state index is 13.2. The molecule has 0 aliphatic carbocycles. The van der Waals surface area contributed by atoms with Crippen LogP contribution in [0.1, 0.15) is 24.5 Å². The van der Waals surface area contributed by atoms with E-state index in [0.717, 1.165) is 44.6 Å². The van der Waals surface area contributed by atoms with Crippen LogP contribution in [-0.2, 0) is 11.2 Å². The van der Waals surface area contributed by atoms with E-state index in [1.165, 1.54) is 6.07 Å². The third kappa shape index (κ3) is 3.79. The van der Waals surface area contributed by atoms with Gasteiger partial charge in [0.25, 0.3) is 0 Å². The molecule has 1 atom stereocenters. The molecule has 0 bridgehead atoms. The van der Waals surface area contributed by atoms with Gasteiger partial charge in [-0.25, -0.2) is 4.39 Å². The highest BCUT2D eigenvalue weighted by molar-refractivity contribution is 5.78. The Kier molecular flexibility index (Phi) is 5.12. The molecule has 0 aromatic heterocycles. The fourth-order valence-corrected chi connectivity index (χ4v) is 2.57. The summed E-state index contributed by atoms with van der Waals surface area (Å²) in [5.41, 5.74) is 1.77. The van der Waals surface area contributed by atoms with E-state index in [-0.39, 0.29) is 17.6 Å². The van der Waals surface area contributed by atoms with Crippen molar-refractivity contribution < 1.29 is 9.18 Å². The van der Waals surface area contributed by atoms with Crippen LogP contribution in [0.5, 0.6) is 0 Å². The normalized spacial score (nSPS) is 17.1. The van der Waals surface area contributed by atoms with E-state index < -0.39 is 0 Å². The number of halogens is 1. The molecule has 0 saturated carbocycles. The first kappa shape index (κ1) is 15.0. The molecule has 2 rings (SSSR count). The van der Waals surface area contributed by atoms with Gasteiger partial charge in [0.1, 0.15) is 5.82 Å². The van der Waals surface area contributed by atoms with Gasteiger partial charge in [0.05, 0.1) is 0 Å². The average molecular weight is 278 g/mol. The molecule has 1 saturated heterocycles. The van der Waals surface area contributed by atoms with Gasteiger partial charge in [-0.3, -0.25) is 4.79 Å². The zero-order valence-corrected chi connectivity index (χ0v) is 12.3. The van der Waals surface area contributed by atoms with Gasteiger partial charge < -0.3 is 10.2 Å². The van der Waals surface area contributed by atoms with Gasteiger partial charge in [-0.05, 0) is 37.0 Å². The number of piperazine rings is 1. The smallest absolute Gasteiger partial charge is 0.225 e. The average Bonchev–Trinajstić information content (AvgIpc) is 2.48. The molecule has 1 unspecified atom stereocenters. The molecule has 0 radical (unpaired) electrons. The van der Waals surface area contributed by atoms with Crippen LogP contribution in [0.25, 0.3) is 0 Å². The Morgan fingerprint density at radius 1 is 1.40 bits per heavy atom. The molecule has 1 N–H and O–H groups in total. The van der Waals surface area contributed by atoms with Gasteiger partial charge >= 0.3 is 0 Å². The summed E-state index contributed by atoms with van der Waals surface area (Å²) >= 11 is 0. The van der Waals surface area contributed by atoms with Crippen LogP contribution in [0.3, 0.4) is 0 Å². The third-order valence-corrected chi connectivity index (χ3v) is 3.94. The summed E-state index contributed by atoms with van der Waals surface area (Å²) in [6.07, 6.45) is 1.63. The highest BCUT2D eigenvalue weighted by Crippen LogP contribution is 2.15. The Balaban J connectivity index is 1.85. The van der Waals surface area contributed by atoms with Crippen molar-refractivity contribution in [1.82, 2.24) is 10.2 Å². The molecule has 1 aliphatic rings. The SMILES string of the molecule is Cc1cc(CCC(C)C(=O)N2CCNCC2)ccc1F. The maximum Gasteiger partial charge on any atom is 0.225 e. The van der Waals surface area contributed by atoms with Crippen LogP contribution in [0.15, 0.2) is 18.2 Å². The van der Waals surface area contributed by atoms with Gasteiger partial charge in [-0.1, -0.05) is 19.1 Å². The summed E-state index contributed by atoms with van der Waals surface area (Å²) in [5, 5.41) is 3.25. The summed E-state index contributed by atoms with van der Waals surface area (Å²) < 4.78 is 13.2. The van der Waals surface area contributed by atoms with E-state index in [4.69, 9.17) is 0 Å². The Morgan fingerprint density at radius 3 is 2.75 bits per heavy atom. The Bertz CT molecular complexity index is 470. The number of aryl methyl sites for hydroxylation is 2. The number of hydrogen-bond acceptors (Lipinski definition) is 2. The highest BCUT2D eigenvalue weighted by atomic mass is 19.1. The monoisotopic (exact) mass is 278 g/mol. The molecule has 1 amide bonds. The number of hydrogen-bond donors (Lipinski definition) is 1. The van der Waals surface area contributed by atoms with Crippen molar-refractivity contribution in [2.24, 2.45) is 5.92 Å². The van der Waals surface area contributed by atoms with Crippen molar-refractivity contribution in [2.75, 3.05) is 26.2 Å². The predicted molar refractivity (Wildman–Crippen MR) is 78.1 cm³/mol. The van der Waals surface area contributed by atoms with Crippen molar-refractivity contribution in [3.8, 4) is 0 Å². The van der Waals surface area contributed by atoms with E-state index in [9.17, 15) is 9.18 Å². The number of nitrogens with zero attached hydrogens (tertiary/aromatic N) is 1. The molecule has 1 aromatic rings. The second-order valence-corrected chi connectivity index (χ2v) is 5.60. The van der Waals surface area contributed by atoms with Gasteiger partial charge in [0, 0.05) is 32.1 Å². The summed E-state index contributed by atoms with van der Waals surface area (Å²) in [4.78, 5) is 14.2. The predicted octanol–water partition coefficient (Wildman–Crippen LogP) is 2.13. The van der Waals surface area contributed by atoms with Crippen LogP contribution >= 0.6 is 0 Å². The van der Waals surface area contributed by atoms with E-state index in [1.807, 2.05) is 24.0 Å². The number of amides is 1. The zero-order valence-electron chi connectivity index (χ0n) is 12.3. The first-order valence-corrected chi connectivity index (χ1v) is 7.32. The van der Waals surface area contributed by atoms with Gasteiger partial charge in [0.15, 0.2) is 0 Å². The van der Waals surface area contributed by atoms with Crippen molar-refractivity contribution in [1.29, 1.82) is 0 Å². The van der Waals surface area contributed by atoms with Crippen LogP contribution in [0.4, 0.5) is 4.39 Å². The summed E-state index contributed by atoms with van der Waals surface area (Å²) in [6.45, 7) is 7.14. The maximum atomic E-state index is 13.2. The number of nitrogens with one attached hydrogen (secondary N) is 1. The Labute approximate surface area is 120 Å². The molecule has 4 heteroatoms. The molecule has 110 valence electrons. The number of benzene rings is 1. The zero-order chi connectivity index (χ0) is 14.5. The minimum absolute atomic E-state index is 0.0264. The molecule has 1 aromatic carbocycles. The summed E-state index contributed by atoms with van der Waals surface area (Å²) in [5.74, 6) is 0.0995. The van der Waals surface area contributed by atoms with E-state index in [1.54, 1.807) is 6.92 Å². The Morgan fingerprint density at radius 2 is 2.10 bits per heavy atom. The lowest BCUT2D eigenvalue weighted by Gasteiger charge is -2.29. The minimum Gasteiger partial charge on any atom is -0.340 e. The molecule has 1 aliphatic heterocycles. The molecular formula is C16H23FN2O. The molecule has 3 nitrogen and oxygen atoms in total. The van der Waals surface area contributed by atoms with Gasteiger partial charge in [0.2, 0.25) is 5.91 Å². The summed E-state index contributed by atoms with van der Waals surface area (Å²) in [7, 11) is 0. The van der Waals surface area contributed by atoms with Crippen LogP contribution in [-0.4, -0.2) is 37.0 Å². The lowest BCUT2D eigenvalue weighted by molar-refractivity contribution is -0.135. The first-order chi connectivity index (χ1) is 9.58. The van der Waals surface area contributed by atoms with E-state index in [0.29, 0.717) is 5.56 Å². The summed E-state index contributed by atoms with van der Waals surface area (Å²) in [6, 6.07) is 5.19. The molecule has 1 heterocycles. The molecule has 20 heavy (non-hydrogen) atoms. The van der Waals surface area contributed by atoms with Crippen LogP contribution < -0.4 is 5.32 Å². The standard InChI is InChI=1S/C16H23FN2O/c1-12(16(20)19-9-7-18-8-10-19)3-4-14-5-6-15(17)13(2)11-14/h5-6,11-12,18H,3-4,7-10H2,1-2H3. The van der Waals surface area contributed by atoms with E-state index in [2.05, 4.69) is 5.32 Å². The van der Waals surface area contributed by atoms with Crippen molar-refractivity contribution in [3.05, 3.63) is 35.1 Å². The molecule has 0 spiro atoms. The van der Waals surface area contributed by atoms with Crippen molar-refractivity contribution in [3.63, 3.8) is 0 Å². The second kappa shape index (κ2) is 6.84. The van der Waals surface area contributed by atoms with Crippen molar-refractivity contribution >= 4 is 5.91 Å². The fourth-order valence-electron chi connectivity index (χ4n) is 2.57. The number of rotatable bonds is 4. The minimum atomic E-state index is -0.168. The van der Waals surface area contributed by atoms with Crippen LogP contribution in [0, 0.1) is 18.7 Å². The largest absolute Gasteiger partial charge is 0.340 e. The first-order valence-electron chi connectivity index (χ1n) is 7.32.